The summed E-state index contributed by atoms with van der Waals surface area (Å²) in [6.45, 7) is -1.58. The number of aliphatic hydroxyl groups is 7. The lowest BCUT2D eigenvalue weighted by Crippen LogP contribution is -2.64. The second kappa shape index (κ2) is 14.2. The maximum Gasteiger partial charge on any atom is 0.231 e. The van der Waals surface area contributed by atoms with E-state index < -0.39 is 92.6 Å². The molecule has 0 radical (unpaired) electrons. The minimum atomic E-state index is -1.83. The van der Waals surface area contributed by atoms with Crippen LogP contribution in [-0.4, -0.2) is 143 Å². The largest absolute Gasteiger partial charge is 0.454 e. The van der Waals surface area contributed by atoms with Crippen LogP contribution in [-0.2, 0) is 23.7 Å². The van der Waals surface area contributed by atoms with Gasteiger partial charge < -0.3 is 78.4 Å². The van der Waals surface area contributed by atoms with Gasteiger partial charge in [0.25, 0.3) is 0 Å². The zero-order valence-corrected chi connectivity index (χ0v) is 25.9. The molecule has 5 aliphatic heterocycles. The van der Waals surface area contributed by atoms with Crippen LogP contribution in [0.25, 0.3) is 0 Å². The minimum Gasteiger partial charge on any atom is -0.454 e. The van der Waals surface area contributed by atoms with Crippen molar-refractivity contribution in [2.24, 2.45) is 11.8 Å². The van der Waals surface area contributed by atoms with Gasteiger partial charge in [-0.2, -0.15) is 0 Å². The van der Waals surface area contributed by atoms with Crippen molar-refractivity contribution in [2.45, 2.75) is 67.5 Å². The van der Waals surface area contributed by atoms with Gasteiger partial charge in [0.2, 0.25) is 13.6 Å². The van der Waals surface area contributed by atoms with E-state index in [1.807, 2.05) is 0 Å². The van der Waals surface area contributed by atoms with Crippen molar-refractivity contribution in [2.75, 3.05) is 40.0 Å². The third kappa shape index (κ3) is 6.46. The second-order valence-corrected chi connectivity index (χ2v) is 12.4. The Labute approximate surface area is 279 Å². The molecule has 3 saturated heterocycles. The summed E-state index contributed by atoms with van der Waals surface area (Å²) in [6.07, 6.45) is -16.9. The van der Waals surface area contributed by atoms with Crippen molar-refractivity contribution >= 4 is 5.78 Å². The van der Waals surface area contributed by atoms with E-state index in [1.165, 1.54) is 0 Å². The van der Waals surface area contributed by atoms with Gasteiger partial charge in [-0.15, -0.1) is 0 Å². The number of ketones is 1. The SMILES string of the molecule is O=C(c1ccc2c(c1)OCO2)C1COC(c2ccc3c(c2)OCO3)C1COC1OC(CO)C(O)C(O)C1OC1OC(CO)C(O)C(O)C1O. The molecular formula is C32H38O17. The van der Waals surface area contributed by atoms with E-state index in [1.54, 1.807) is 36.4 Å². The third-order valence-corrected chi connectivity index (χ3v) is 9.50. The lowest BCUT2D eigenvalue weighted by atomic mass is 9.83. The molecule has 49 heavy (non-hydrogen) atoms. The Morgan fingerprint density at radius 2 is 1.33 bits per heavy atom. The van der Waals surface area contributed by atoms with Gasteiger partial charge in [-0.25, -0.2) is 0 Å². The van der Waals surface area contributed by atoms with Crippen molar-refractivity contribution in [3.63, 3.8) is 0 Å². The molecule has 17 heteroatoms. The van der Waals surface area contributed by atoms with Gasteiger partial charge in [-0.05, 0) is 35.9 Å². The summed E-state index contributed by atoms with van der Waals surface area (Å²) in [5, 5.41) is 72.3. The summed E-state index contributed by atoms with van der Waals surface area (Å²) in [4.78, 5) is 14.0. The number of hydrogen-bond donors (Lipinski definition) is 7. The van der Waals surface area contributed by atoms with Crippen LogP contribution >= 0.6 is 0 Å². The minimum absolute atomic E-state index is 0.0112. The first-order valence-corrected chi connectivity index (χ1v) is 15.8. The summed E-state index contributed by atoms with van der Waals surface area (Å²) >= 11 is 0. The van der Waals surface area contributed by atoms with Crippen LogP contribution in [0.1, 0.15) is 22.0 Å². The molecule has 13 atom stereocenters. The summed E-state index contributed by atoms with van der Waals surface area (Å²) < 4.78 is 51.3. The number of carbonyl (C=O) groups is 1. The fraction of sp³-hybridized carbons (Fsp3) is 0.594. The van der Waals surface area contributed by atoms with Crippen molar-refractivity contribution in [3.05, 3.63) is 47.5 Å². The van der Waals surface area contributed by atoms with Crippen molar-refractivity contribution in [1.82, 2.24) is 0 Å². The first kappa shape index (κ1) is 34.3. The molecule has 5 aliphatic rings. The normalized spacial score (nSPS) is 38.1. The number of ether oxygens (including phenoxy) is 9. The van der Waals surface area contributed by atoms with E-state index >= 15 is 0 Å². The Hall–Kier alpha value is -3.17. The molecule has 0 saturated carbocycles. The summed E-state index contributed by atoms with van der Waals surface area (Å²) in [6, 6.07) is 10.1. The number of benzene rings is 2. The molecule has 0 spiro atoms. The number of carbonyl (C=O) groups excluding carboxylic acids is 1. The summed E-state index contributed by atoms with van der Waals surface area (Å²) in [5.41, 5.74) is 1.02. The highest BCUT2D eigenvalue weighted by molar-refractivity contribution is 5.99. The first-order chi connectivity index (χ1) is 23.7. The van der Waals surface area contributed by atoms with E-state index in [0.29, 0.717) is 34.1 Å². The quantitative estimate of drug-likeness (QED) is 0.133. The second-order valence-electron chi connectivity index (χ2n) is 12.4. The van der Waals surface area contributed by atoms with Crippen LogP contribution in [0.2, 0.25) is 0 Å². The highest BCUT2D eigenvalue weighted by Gasteiger charge is 2.52. The number of aliphatic hydroxyl groups excluding tert-OH is 7. The zero-order valence-electron chi connectivity index (χ0n) is 25.9. The molecule has 0 amide bonds. The molecule has 5 heterocycles. The van der Waals surface area contributed by atoms with E-state index in [-0.39, 0.29) is 32.6 Å². The van der Waals surface area contributed by atoms with E-state index in [0.717, 1.165) is 0 Å². The molecule has 2 aromatic carbocycles. The lowest BCUT2D eigenvalue weighted by molar-refractivity contribution is -0.368. The highest BCUT2D eigenvalue weighted by Crippen LogP contribution is 2.45. The summed E-state index contributed by atoms with van der Waals surface area (Å²) in [7, 11) is 0. The van der Waals surface area contributed by atoms with Gasteiger partial charge in [0.05, 0.1) is 38.4 Å². The molecule has 13 unspecified atom stereocenters. The predicted octanol–water partition coefficient (Wildman–Crippen LogP) is -2.03. The molecule has 0 aliphatic carbocycles. The molecule has 7 rings (SSSR count). The third-order valence-electron chi connectivity index (χ3n) is 9.50. The smallest absolute Gasteiger partial charge is 0.231 e. The summed E-state index contributed by atoms with van der Waals surface area (Å²) in [5.74, 6) is 0.289. The maximum atomic E-state index is 14.0. The highest BCUT2D eigenvalue weighted by atomic mass is 16.8. The number of fused-ring (bicyclic) bond motifs is 2. The van der Waals surface area contributed by atoms with Crippen LogP contribution in [0, 0.1) is 11.8 Å². The van der Waals surface area contributed by atoms with Gasteiger partial charge in [0.15, 0.2) is 41.4 Å². The molecular weight excluding hydrogens is 656 g/mol. The molecule has 17 nitrogen and oxygen atoms in total. The van der Waals surface area contributed by atoms with Gasteiger partial charge in [-0.3, -0.25) is 4.79 Å². The van der Waals surface area contributed by atoms with Crippen LogP contribution in [0.5, 0.6) is 23.0 Å². The molecule has 3 fully saturated rings. The van der Waals surface area contributed by atoms with Crippen LogP contribution in [0.3, 0.4) is 0 Å². The Balaban J connectivity index is 1.15. The Kier molecular flexibility index (Phi) is 9.95. The maximum absolute atomic E-state index is 14.0. The van der Waals surface area contributed by atoms with Crippen LogP contribution < -0.4 is 18.9 Å². The lowest BCUT2D eigenvalue weighted by Gasteiger charge is -2.46. The fourth-order valence-corrected chi connectivity index (χ4v) is 6.71. The van der Waals surface area contributed by atoms with Gasteiger partial charge in [0.1, 0.15) is 48.8 Å². The van der Waals surface area contributed by atoms with Crippen molar-refractivity contribution in [1.29, 1.82) is 0 Å². The van der Waals surface area contributed by atoms with Crippen molar-refractivity contribution < 1.29 is 83.2 Å². The fourth-order valence-electron chi connectivity index (χ4n) is 6.71. The number of Topliss-reactive ketones (excluding diaryl/α,β-unsaturated/α-hetero) is 1. The molecule has 268 valence electrons. The molecule has 0 aromatic heterocycles. The molecule has 0 bridgehead atoms. The monoisotopic (exact) mass is 694 g/mol. The van der Waals surface area contributed by atoms with E-state index in [2.05, 4.69) is 0 Å². The molecule has 2 aromatic rings. The van der Waals surface area contributed by atoms with Crippen molar-refractivity contribution in [3.8, 4) is 23.0 Å². The first-order valence-electron chi connectivity index (χ1n) is 15.8. The Morgan fingerprint density at radius 1 is 0.714 bits per heavy atom. The average molecular weight is 695 g/mol. The van der Waals surface area contributed by atoms with E-state index in [9.17, 15) is 40.5 Å². The Bertz CT molecular complexity index is 1490. The van der Waals surface area contributed by atoms with Gasteiger partial charge in [-0.1, -0.05) is 6.07 Å². The van der Waals surface area contributed by atoms with E-state index in [4.69, 9.17) is 42.6 Å². The van der Waals surface area contributed by atoms with Crippen LogP contribution in [0.4, 0.5) is 0 Å². The Morgan fingerprint density at radius 3 is 2.02 bits per heavy atom. The standard InChI is InChI=1S/C32H38O17/c33-7-21-24(36)26(38)28(40)31(47-21)49-30-27(39)25(37)22(8-34)48-32(30)42-10-16-15(23(35)13-1-3-17-19(5-13)45-11-43-17)9-41-29(16)14-2-4-18-20(6-14)46-12-44-18/h1-6,15-16,21-22,24-34,36-40H,7-12H2. The predicted molar refractivity (Wildman–Crippen MR) is 157 cm³/mol. The zero-order chi connectivity index (χ0) is 34.4. The topological polar surface area (TPSA) is 242 Å². The van der Waals surface area contributed by atoms with Gasteiger partial charge >= 0.3 is 0 Å². The van der Waals surface area contributed by atoms with Gasteiger partial charge in [0, 0.05) is 11.5 Å². The number of hydrogen-bond acceptors (Lipinski definition) is 17. The average Bonchev–Trinajstić information content (AvgIpc) is 3.89. The number of rotatable bonds is 10. The van der Waals surface area contributed by atoms with Crippen LogP contribution in [0.15, 0.2) is 36.4 Å². The molecule has 7 N–H and O–H groups in total.